The van der Waals surface area contributed by atoms with Crippen LogP contribution in [0.5, 0.6) is 0 Å². The van der Waals surface area contributed by atoms with E-state index in [9.17, 15) is 19.5 Å². The summed E-state index contributed by atoms with van der Waals surface area (Å²) in [5, 5.41) is 18.5. The first kappa shape index (κ1) is 29.6. The standard InChI is InChI=1S/C28H40N4O5/c1-6-23(26(34)29-17-25(33)21-12-14-22(15-13-21)32(4)5)30-27(35)24(16-19(2)3)31-28(36)37-18-20-10-8-7-9-11-20/h7-15,19,23-25,33H,6,16-18H2,1-5H3,(H,29,34)(H,30,35)(H,31,36)/t23-,24-,25?/m0/s1. The van der Waals surface area contributed by atoms with Crippen LogP contribution in [0.15, 0.2) is 54.6 Å². The summed E-state index contributed by atoms with van der Waals surface area (Å²) in [7, 11) is 3.86. The van der Waals surface area contributed by atoms with Gasteiger partial charge in [-0.15, -0.1) is 0 Å². The zero-order chi connectivity index (χ0) is 27.4. The molecule has 0 saturated heterocycles. The maximum absolute atomic E-state index is 13.0. The number of anilines is 1. The number of aliphatic hydroxyl groups is 1. The number of ether oxygens (including phenoxy) is 1. The topological polar surface area (TPSA) is 120 Å². The van der Waals surface area contributed by atoms with Gasteiger partial charge in [-0.3, -0.25) is 9.59 Å². The first-order chi connectivity index (χ1) is 17.6. The average Bonchev–Trinajstić information content (AvgIpc) is 2.88. The third-order valence-corrected chi connectivity index (χ3v) is 5.83. The first-order valence-corrected chi connectivity index (χ1v) is 12.6. The monoisotopic (exact) mass is 512 g/mol. The molecule has 0 aliphatic heterocycles. The van der Waals surface area contributed by atoms with Crippen LogP contribution in [0.4, 0.5) is 10.5 Å². The number of aliphatic hydroxyl groups excluding tert-OH is 1. The van der Waals surface area contributed by atoms with Crippen molar-refractivity contribution in [3.63, 3.8) is 0 Å². The summed E-state index contributed by atoms with van der Waals surface area (Å²) in [4.78, 5) is 40.1. The molecule has 2 aromatic carbocycles. The van der Waals surface area contributed by atoms with E-state index in [-0.39, 0.29) is 19.1 Å². The Morgan fingerprint density at radius 1 is 0.919 bits per heavy atom. The predicted octanol–water partition coefficient (Wildman–Crippen LogP) is 3.14. The third-order valence-electron chi connectivity index (χ3n) is 5.83. The van der Waals surface area contributed by atoms with E-state index in [0.717, 1.165) is 11.3 Å². The van der Waals surface area contributed by atoms with Gasteiger partial charge in [0, 0.05) is 26.3 Å². The molecule has 0 heterocycles. The Morgan fingerprint density at radius 3 is 2.14 bits per heavy atom. The number of carbonyl (C=O) groups excluding carboxylic acids is 3. The Morgan fingerprint density at radius 2 is 1.57 bits per heavy atom. The Hall–Kier alpha value is -3.59. The number of hydrogen-bond acceptors (Lipinski definition) is 6. The van der Waals surface area contributed by atoms with E-state index in [1.165, 1.54) is 0 Å². The number of alkyl carbamates (subject to hydrolysis) is 1. The van der Waals surface area contributed by atoms with E-state index >= 15 is 0 Å². The summed E-state index contributed by atoms with van der Waals surface area (Å²) in [6.07, 6.45) is -0.863. The first-order valence-electron chi connectivity index (χ1n) is 12.6. The zero-order valence-electron chi connectivity index (χ0n) is 22.4. The SMILES string of the molecule is CC[C@H](NC(=O)[C@H](CC(C)C)NC(=O)OCc1ccccc1)C(=O)NCC(O)c1ccc(N(C)C)cc1. The number of rotatable bonds is 13. The molecule has 0 bridgehead atoms. The zero-order valence-corrected chi connectivity index (χ0v) is 22.4. The van der Waals surface area contributed by atoms with Gasteiger partial charge in [0.25, 0.3) is 0 Å². The molecule has 9 heteroatoms. The van der Waals surface area contributed by atoms with Crippen LogP contribution in [0.3, 0.4) is 0 Å². The van der Waals surface area contributed by atoms with Crippen molar-refractivity contribution in [3.05, 3.63) is 65.7 Å². The molecule has 0 aromatic heterocycles. The minimum absolute atomic E-state index is 0.00595. The van der Waals surface area contributed by atoms with Crippen molar-refractivity contribution < 1.29 is 24.2 Å². The fraction of sp³-hybridized carbons (Fsp3) is 0.464. The molecule has 0 radical (unpaired) electrons. The second-order valence-corrected chi connectivity index (χ2v) is 9.60. The molecule has 2 rings (SSSR count). The molecule has 0 spiro atoms. The summed E-state index contributed by atoms with van der Waals surface area (Å²) in [5.74, 6) is -0.755. The number of hydrogen-bond donors (Lipinski definition) is 4. The van der Waals surface area contributed by atoms with Gasteiger partial charge in [0.2, 0.25) is 11.8 Å². The van der Waals surface area contributed by atoms with Gasteiger partial charge < -0.3 is 30.7 Å². The predicted molar refractivity (Wildman–Crippen MR) is 144 cm³/mol. The molecule has 37 heavy (non-hydrogen) atoms. The summed E-state index contributed by atoms with van der Waals surface area (Å²) in [6.45, 7) is 5.75. The maximum atomic E-state index is 13.0. The minimum Gasteiger partial charge on any atom is -0.445 e. The highest BCUT2D eigenvalue weighted by Crippen LogP contribution is 2.17. The lowest BCUT2D eigenvalue weighted by molar-refractivity contribution is -0.130. The summed E-state index contributed by atoms with van der Waals surface area (Å²) in [5.41, 5.74) is 2.52. The molecule has 1 unspecified atom stereocenters. The highest BCUT2D eigenvalue weighted by atomic mass is 16.5. The highest BCUT2D eigenvalue weighted by Gasteiger charge is 2.27. The molecule has 4 N–H and O–H groups in total. The van der Waals surface area contributed by atoms with E-state index < -0.39 is 36.1 Å². The molecule has 202 valence electrons. The fourth-order valence-electron chi connectivity index (χ4n) is 3.67. The normalized spacial score (nSPS) is 13.3. The van der Waals surface area contributed by atoms with Crippen LogP contribution in [0.2, 0.25) is 0 Å². The lowest BCUT2D eigenvalue weighted by Crippen LogP contribution is -2.54. The van der Waals surface area contributed by atoms with Crippen LogP contribution < -0.4 is 20.9 Å². The molecular weight excluding hydrogens is 472 g/mol. The van der Waals surface area contributed by atoms with Crippen LogP contribution in [-0.4, -0.2) is 55.7 Å². The summed E-state index contributed by atoms with van der Waals surface area (Å²) >= 11 is 0. The van der Waals surface area contributed by atoms with Crippen molar-refractivity contribution in [2.75, 3.05) is 25.5 Å². The van der Waals surface area contributed by atoms with E-state index in [4.69, 9.17) is 4.74 Å². The molecule has 2 aromatic rings. The molecule has 9 nitrogen and oxygen atoms in total. The molecule has 3 amide bonds. The summed E-state index contributed by atoms with van der Waals surface area (Å²) in [6, 6.07) is 15.0. The van der Waals surface area contributed by atoms with Gasteiger partial charge in [-0.2, -0.15) is 0 Å². The van der Waals surface area contributed by atoms with Crippen molar-refractivity contribution in [1.29, 1.82) is 0 Å². The van der Waals surface area contributed by atoms with Crippen LogP contribution in [-0.2, 0) is 20.9 Å². The lowest BCUT2D eigenvalue weighted by Gasteiger charge is -2.24. The molecule has 0 fully saturated rings. The van der Waals surface area contributed by atoms with Gasteiger partial charge in [0.05, 0.1) is 6.10 Å². The van der Waals surface area contributed by atoms with E-state index in [2.05, 4.69) is 16.0 Å². The number of amides is 3. The molecule has 3 atom stereocenters. The van der Waals surface area contributed by atoms with Crippen LogP contribution in [0, 0.1) is 5.92 Å². The van der Waals surface area contributed by atoms with Gasteiger partial charge in [-0.05, 0) is 42.0 Å². The van der Waals surface area contributed by atoms with Gasteiger partial charge in [0.15, 0.2) is 0 Å². The number of carbonyl (C=O) groups is 3. The molecular formula is C28H40N4O5. The minimum atomic E-state index is -0.886. The summed E-state index contributed by atoms with van der Waals surface area (Å²) < 4.78 is 5.26. The van der Waals surface area contributed by atoms with Crippen molar-refractivity contribution in [3.8, 4) is 0 Å². The van der Waals surface area contributed by atoms with Crippen LogP contribution >= 0.6 is 0 Å². The quantitative estimate of drug-likeness (QED) is 0.327. The van der Waals surface area contributed by atoms with Crippen LogP contribution in [0.1, 0.15) is 50.8 Å². The van der Waals surface area contributed by atoms with Crippen molar-refractivity contribution >= 4 is 23.6 Å². The van der Waals surface area contributed by atoms with E-state index in [0.29, 0.717) is 18.4 Å². The van der Waals surface area contributed by atoms with Gasteiger partial charge in [-0.25, -0.2) is 4.79 Å². The molecule has 0 saturated carbocycles. The Kier molecular flexibility index (Phi) is 11.9. The molecule has 0 aliphatic carbocycles. The Labute approximate surface area is 219 Å². The van der Waals surface area contributed by atoms with Crippen molar-refractivity contribution in [2.45, 2.75) is 58.4 Å². The van der Waals surface area contributed by atoms with Crippen LogP contribution in [0.25, 0.3) is 0 Å². The largest absolute Gasteiger partial charge is 0.445 e. The Balaban J connectivity index is 1.91. The Bertz CT molecular complexity index is 995. The van der Waals surface area contributed by atoms with Gasteiger partial charge in [0.1, 0.15) is 18.7 Å². The highest BCUT2D eigenvalue weighted by molar-refractivity contribution is 5.91. The second-order valence-electron chi connectivity index (χ2n) is 9.60. The van der Waals surface area contributed by atoms with Crippen molar-refractivity contribution in [1.82, 2.24) is 16.0 Å². The maximum Gasteiger partial charge on any atom is 0.408 e. The van der Waals surface area contributed by atoms with Gasteiger partial charge in [-0.1, -0.05) is 63.2 Å². The number of nitrogens with zero attached hydrogens (tertiary/aromatic N) is 1. The van der Waals surface area contributed by atoms with Crippen molar-refractivity contribution in [2.24, 2.45) is 5.92 Å². The smallest absolute Gasteiger partial charge is 0.408 e. The van der Waals surface area contributed by atoms with E-state index in [1.807, 2.05) is 87.4 Å². The fourth-order valence-corrected chi connectivity index (χ4v) is 3.67. The lowest BCUT2D eigenvalue weighted by atomic mass is 10.0. The third kappa shape index (κ3) is 10.1. The second kappa shape index (κ2) is 14.8. The van der Waals surface area contributed by atoms with Gasteiger partial charge >= 0.3 is 6.09 Å². The molecule has 0 aliphatic rings. The number of nitrogens with one attached hydrogen (secondary N) is 3. The number of benzene rings is 2. The average molecular weight is 513 g/mol. The van der Waals surface area contributed by atoms with E-state index in [1.54, 1.807) is 6.92 Å².